The van der Waals surface area contributed by atoms with Crippen LogP contribution >= 0.6 is 0 Å². The Morgan fingerprint density at radius 1 is 0.333 bits per heavy atom. The molecule has 63 heavy (non-hydrogen) atoms. The molecule has 0 bridgehead atoms. The summed E-state index contributed by atoms with van der Waals surface area (Å²) in [6.45, 7) is 4.71. The predicted molar refractivity (Wildman–Crippen MR) is 267 cm³/mol. The van der Waals surface area contributed by atoms with Gasteiger partial charge in [0.15, 0.2) is 0 Å². The number of hydrogen-bond acceptors (Lipinski definition) is 1. The van der Waals surface area contributed by atoms with Gasteiger partial charge in [0.05, 0.1) is 11.0 Å². The van der Waals surface area contributed by atoms with Crippen LogP contribution in [0.15, 0.2) is 231 Å². The second-order valence-corrected chi connectivity index (χ2v) is 17.4. The van der Waals surface area contributed by atoms with Gasteiger partial charge < -0.3 is 9.47 Å². The highest BCUT2D eigenvalue weighted by Gasteiger charge is 2.35. The number of para-hydroxylation sites is 1. The van der Waals surface area contributed by atoms with Crippen molar-refractivity contribution >= 4 is 49.6 Å². The van der Waals surface area contributed by atoms with Crippen LogP contribution in [0.3, 0.4) is 0 Å². The largest absolute Gasteiger partial charge is 0.310 e. The minimum atomic E-state index is -0.100. The molecule has 10 aromatic carbocycles. The smallest absolute Gasteiger partial charge is 0.0547 e. The first-order valence-corrected chi connectivity index (χ1v) is 21.9. The van der Waals surface area contributed by atoms with Crippen molar-refractivity contribution in [1.82, 2.24) is 4.57 Å². The summed E-state index contributed by atoms with van der Waals surface area (Å²) in [4.78, 5) is 2.40. The quantitative estimate of drug-likeness (QED) is 0.156. The zero-order valence-corrected chi connectivity index (χ0v) is 35.3. The molecule has 2 nitrogen and oxygen atoms in total. The highest BCUT2D eigenvalue weighted by Crippen LogP contribution is 2.51. The average Bonchev–Trinajstić information content (AvgIpc) is 3.79. The molecule has 0 N–H and O–H groups in total. The van der Waals surface area contributed by atoms with Crippen LogP contribution < -0.4 is 4.90 Å². The topological polar surface area (TPSA) is 8.17 Å². The van der Waals surface area contributed by atoms with Gasteiger partial charge in [-0.1, -0.05) is 178 Å². The molecule has 0 radical (unpaired) electrons. The molecule has 2 heteroatoms. The molecule has 1 aliphatic rings. The van der Waals surface area contributed by atoms with E-state index in [-0.39, 0.29) is 5.41 Å². The van der Waals surface area contributed by atoms with Crippen molar-refractivity contribution in [3.63, 3.8) is 0 Å². The molecular weight excluding hydrogens is 761 g/mol. The molecule has 0 unspecified atom stereocenters. The maximum absolute atomic E-state index is 2.42. The van der Waals surface area contributed by atoms with E-state index in [1.807, 2.05) is 0 Å². The van der Waals surface area contributed by atoms with Crippen molar-refractivity contribution in [3.05, 3.63) is 242 Å². The van der Waals surface area contributed by atoms with E-state index < -0.39 is 0 Å². The first kappa shape index (κ1) is 36.9. The minimum absolute atomic E-state index is 0.100. The molecule has 0 amide bonds. The van der Waals surface area contributed by atoms with Crippen LogP contribution in [0.4, 0.5) is 17.1 Å². The molecule has 0 saturated carbocycles. The summed E-state index contributed by atoms with van der Waals surface area (Å²) in [6, 6.07) is 84.6. The van der Waals surface area contributed by atoms with E-state index in [1.54, 1.807) is 0 Å². The Morgan fingerprint density at radius 3 is 1.68 bits per heavy atom. The molecule has 0 aliphatic heterocycles. The van der Waals surface area contributed by atoms with E-state index in [0.29, 0.717) is 0 Å². The molecule has 0 spiro atoms. The lowest BCUT2D eigenvalue weighted by atomic mass is 9.82. The molecule has 1 aliphatic carbocycles. The fourth-order valence-electron chi connectivity index (χ4n) is 10.1. The highest BCUT2D eigenvalue weighted by atomic mass is 15.1. The normalized spacial score (nSPS) is 12.7. The number of fused-ring (bicyclic) bond motifs is 7. The van der Waals surface area contributed by atoms with Gasteiger partial charge in [-0.25, -0.2) is 0 Å². The van der Waals surface area contributed by atoms with Gasteiger partial charge in [0, 0.05) is 38.9 Å². The molecule has 12 rings (SSSR count). The van der Waals surface area contributed by atoms with Crippen LogP contribution in [0, 0.1) is 0 Å². The Labute approximate surface area is 368 Å². The third-order valence-electron chi connectivity index (χ3n) is 13.4. The zero-order valence-electron chi connectivity index (χ0n) is 35.3. The molecule has 1 aromatic heterocycles. The van der Waals surface area contributed by atoms with Crippen molar-refractivity contribution in [2.75, 3.05) is 4.90 Å². The van der Waals surface area contributed by atoms with Crippen LogP contribution in [-0.4, -0.2) is 4.57 Å². The molecule has 0 fully saturated rings. The van der Waals surface area contributed by atoms with Gasteiger partial charge in [-0.05, 0) is 133 Å². The van der Waals surface area contributed by atoms with Crippen molar-refractivity contribution < 1.29 is 0 Å². The number of aromatic nitrogens is 1. The fraction of sp³-hybridized carbons (Fsp3) is 0.0492. The summed E-state index contributed by atoms with van der Waals surface area (Å²) in [7, 11) is 0. The zero-order chi connectivity index (χ0) is 42.1. The first-order chi connectivity index (χ1) is 31.0. The molecule has 0 saturated heterocycles. The monoisotopic (exact) mass is 804 g/mol. The number of hydrogen-bond donors (Lipinski definition) is 0. The van der Waals surface area contributed by atoms with Gasteiger partial charge in [0.2, 0.25) is 0 Å². The molecule has 1 heterocycles. The van der Waals surface area contributed by atoms with E-state index in [4.69, 9.17) is 0 Å². The van der Waals surface area contributed by atoms with Crippen LogP contribution in [0.1, 0.15) is 25.0 Å². The Hall–Kier alpha value is -7.94. The Kier molecular flexibility index (Phi) is 8.55. The summed E-state index contributed by atoms with van der Waals surface area (Å²) >= 11 is 0. The number of benzene rings is 10. The van der Waals surface area contributed by atoms with Crippen molar-refractivity contribution in [2.24, 2.45) is 0 Å². The van der Waals surface area contributed by atoms with Gasteiger partial charge in [-0.2, -0.15) is 0 Å². The highest BCUT2D eigenvalue weighted by molar-refractivity contribution is 6.10. The van der Waals surface area contributed by atoms with Crippen LogP contribution in [0.5, 0.6) is 0 Å². The second kappa shape index (κ2) is 14.6. The summed E-state index contributed by atoms with van der Waals surface area (Å²) in [6.07, 6.45) is 0. The van der Waals surface area contributed by atoms with Gasteiger partial charge in [0.25, 0.3) is 0 Å². The molecule has 11 aromatic rings. The van der Waals surface area contributed by atoms with Gasteiger partial charge in [-0.3, -0.25) is 0 Å². The number of rotatable bonds is 7. The first-order valence-electron chi connectivity index (χ1n) is 21.9. The second-order valence-electron chi connectivity index (χ2n) is 17.4. The molecule has 298 valence electrons. The average molecular weight is 805 g/mol. The predicted octanol–water partition coefficient (Wildman–Crippen LogP) is 16.7. The standard InChI is InChI=1S/C61H44N2/c1-61(2)57-21-10-8-19-53(57)54-36-34-52(40-58(54)61)62(49-29-23-43(24-30-49)41-13-4-3-5-14-41)50-31-25-44(26-32-50)45-17-12-18-46(37-45)48-28-35-56-55-20-9-11-22-59(55)63(60(56)39-48)51-33-27-42-15-6-7-16-47(42)38-51/h3-40H,1-2H3. The fourth-order valence-corrected chi connectivity index (χ4v) is 10.1. The van der Waals surface area contributed by atoms with E-state index in [0.717, 1.165) is 17.1 Å². The van der Waals surface area contributed by atoms with Gasteiger partial charge >= 0.3 is 0 Å². The Balaban J connectivity index is 0.920. The maximum Gasteiger partial charge on any atom is 0.0547 e. The summed E-state index contributed by atoms with van der Waals surface area (Å²) in [5.41, 5.74) is 19.4. The summed E-state index contributed by atoms with van der Waals surface area (Å²) < 4.78 is 2.42. The van der Waals surface area contributed by atoms with E-state index in [1.165, 1.54) is 93.9 Å². The Bertz CT molecular complexity index is 3520. The lowest BCUT2D eigenvalue weighted by molar-refractivity contribution is 0.660. The van der Waals surface area contributed by atoms with E-state index in [9.17, 15) is 0 Å². The lowest BCUT2D eigenvalue weighted by Crippen LogP contribution is -2.16. The van der Waals surface area contributed by atoms with E-state index in [2.05, 4.69) is 254 Å². The number of anilines is 3. The van der Waals surface area contributed by atoms with Crippen molar-refractivity contribution in [1.29, 1.82) is 0 Å². The van der Waals surface area contributed by atoms with E-state index >= 15 is 0 Å². The SMILES string of the molecule is CC1(C)c2ccccc2-c2ccc(N(c3ccc(-c4ccccc4)cc3)c3ccc(-c4cccc(-c5ccc6c7ccccc7n(-c7ccc8ccccc8c7)c6c5)c4)cc3)cc21. The van der Waals surface area contributed by atoms with Gasteiger partial charge in [0.1, 0.15) is 0 Å². The third-order valence-corrected chi connectivity index (χ3v) is 13.4. The summed E-state index contributed by atoms with van der Waals surface area (Å²) in [5, 5.41) is 5.00. The lowest BCUT2D eigenvalue weighted by Gasteiger charge is -2.28. The van der Waals surface area contributed by atoms with Crippen molar-refractivity contribution in [3.8, 4) is 50.2 Å². The summed E-state index contributed by atoms with van der Waals surface area (Å²) in [5.74, 6) is 0. The third kappa shape index (κ3) is 6.17. The van der Waals surface area contributed by atoms with Crippen LogP contribution in [0.2, 0.25) is 0 Å². The Morgan fingerprint density at radius 2 is 0.889 bits per heavy atom. The maximum atomic E-state index is 2.42. The molecule has 0 atom stereocenters. The minimum Gasteiger partial charge on any atom is -0.310 e. The van der Waals surface area contributed by atoms with Gasteiger partial charge in [-0.15, -0.1) is 0 Å². The van der Waals surface area contributed by atoms with Crippen LogP contribution in [-0.2, 0) is 5.41 Å². The van der Waals surface area contributed by atoms with Crippen molar-refractivity contribution in [2.45, 2.75) is 19.3 Å². The van der Waals surface area contributed by atoms with Crippen LogP contribution in [0.25, 0.3) is 82.8 Å². The number of nitrogens with zero attached hydrogens (tertiary/aromatic N) is 2. The molecular formula is C61H44N2.